The first kappa shape index (κ1) is 29.4. The first-order valence-electron chi connectivity index (χ1n) is 11.5. The Morgan fingerprint density at radius 1 is 0.974 bits per heavy atom. The van der Waals surface area contributed by atoms with Gasteiger partial charge < -0.3 is 19.0 Å². The Labute approximate surface area is 222 Å². The summed E-state index contributed by atoms with van der Waals surface area (Å²) in [5.74, 6) is -1.61. The highest BCUT2D eigenvalue weighted by Gasteiger charge is 2.48. The molecule has 0 aliphatic carbocycles. The van der Waals surface area contributed by atoms with E-state index >= 15 is 0 Å². The molecule has 2 aromatic carbocycles. The van der Waals surface area contributed by atoms with Gasteiger partial charge in [-0.05, 0) is 37.1 Å². The van der Waals surface area contributed by atoms with E-state index in [0.29, 0.717) is 11.3 Å². The SMILES string of the molecule is CCOC(=O)CNC(=O)c1nc(Cc2ccc(OS(=O)(=O)C(F)(F)F)cc2)nc(C)c1OCc1ccccc1. The number of carbonyl (C=O) groups excluding carboxylic acids is 2. The molecule has 1 heterocycles. The zero-order chi connectivity index (χ0) is 28.6. The van der Waals surface area contributed by atoms with E-state index < -0.39 is 39.8 Å². The topological polar surface area (TPSA) is 134 Å². The predicted octanol–water partition coefficient (Wildman–Crippen LogP) is 3.48. The van der Waals surface area contributed by atoms with E-state index in [4.69, 9.17) is 9.47 Å². The van der Waals surface area contributed by atoms with Crippen molar-refractivity contribution >= 4 is 22.0 Å². The molecule has 0 aliphatic rings. The largest absolute Gasteiger partial charge is 0.534 e. The van der Waals surface area contributed by atoms with Gasteiger partial charge in [0.05, 0.1) is 12.3 Å². The lowest BCUT2D eigenvalue weighted by molar-refractivity contribution is -0.141. The number of ether oxygens (including phenoxy) is 2. The lowest BCUT2D eigenvalue weighted by atomic mass is 10.1. The molecule has 1 aromatic heterocycles. The smallest absolute Gasteiger partial charge is 0.485 e. The van der Waals surface area contributed by atoms with Crippen molar-refractivity contribution in [2.24, 2.45) is 0 Å². The first-order valence-corrected chi connectivity index (χ1v) is 12.9. The Morgan fingerprint density at radius 2 is 1.64 bits per heavy atom. The second kappa shape index (κ2) is 12.6. The Bertz CT molecular complexity index is 1420. The number of amides is 1. The lowest BCUT2D eigenvalue weighted by Gasteiger charge is -2.15. The van der Waals surface area contributed by atoms with Gasteiger partial charge in [0.1, 0.15) is 24.7 Å². The second-order valence-electron chi connectivity index (χ2n) is 7.97. The van der Waals surface area contributed by atoms with Crippen molar-refractivity contribution in [3.63, 3.8) is 0 Å². The van der Waals surface area contributed by atoms with Gasteiger partial charge in [-0.15, -0.1) is 0 Å². The molecule has 10 nitrogen and oxygen atoms in total. The van der Waals surface area contributed by atoms with Crippen LogP contribution in [0.1, 0.15) is 40.1 Å². The van der Waals surface area contributed by atoms with E-state index in [1.54, 1.807) is 13.8 Å². The molecule has 3 aromatic rings. The van der Waals surface area contributed by atoms with Gasteiger partial charge in [0, 0.05) is 6.42 Å². The van der Waals surface area contributed by atoms with E-state index in [1.807, 2.05) is 30.3 Å². The third-order valence-electron chi connectivity index (χ3n) is 5.00. The normalized spacial score (nSPS) is 11.5. The van der Waals surface area contributed by atoms with Crippen LogP contribution in [0.4, 0.5) is 13.2 Å². The van der Waals surface area contributed by atoms with Gasteiger partial charge >= 0.3 is 21.6 Å². The maximum atomic E-state index is 12.9. The van der Waals surface area contributed by atoms with Crippen molar-refractivity contribution in [2.45, 2.75) is 32.4 Å². The van der Waals surface area contributed by atoms with Crippen LogP contribution in [0.25, 0.3) is 0 Å². The summed E-state index contributed by atoms with van der Waals surface area (Å²) in [5.41, 5.74) is -4.05. The van der Waals surface area contributed by atoms with Crippen molar-refractivity contribution in [3.8, 4) is 11.5 Å². The van der Waals surface area contributed by atoms with Gasteiger partial charge in [-0.2, -0.15) is 21.6 Å². The Balaban J connectivity index is 1.84. The standard InChI is InChI=1S/C25H24F3N3O7S/c1-3-36-21(32)14-29-24(33)22-23(37-15-18-7-5-4-6-8-18)16(2)30-20(31-22)13-17-9-11-19(12-10-17)38-39(34,35)25(26,27)28/h4-12H,3,13-15H2,1-2H3,(H,29,33). The number of esters is 1. The van der Waals surface area contributed by atoms with Crippen LogP contribution < -0.4 is 14.2 Å². The molecule has 0 bridgehead atoms. The quantitative estimate of drug-likeness (QED) is 0.210. The molecular weight excluding hydrogens is 543 g/mol. The summed E-state index contributed by atoms with van der Waals surface area (Å²) in [6, 6.07) is 13.9. The molecule has 0 saturated heterocycles. The first-order chi connectivity index (χ1) is 18.4. The highest BCUT2D eigenvalue weighted by Crippen LogP contribution is 2.28. The van der Waals surface area contributed by atoms with E-state index in [9.17, 15) is 31.2 Å². The molecule has 0 radical (unpaired) electrons. The van der Waals surface area contributed by atoms with Crippen LogP contribution in [0, 0.1) is 6.92 Å². The summed E-state index contributed by atoms with van der Waals surface area (Å²) in [6.45, 7) is 3.09. The number of halogens is 3. The summed E-state index contributed by atoms with van der Waals surface area (Å²) in [5, 5.41) is 2.43. The lowest BCUT2D eigenvalue weighted by Crippen LogP contribution is -2.32. The number of rotatable bonds is 11. The summed E-state index contributed by atoms with van der Waals surface area (Å²) in [4.78, 5) is 33.3. The highest BCUT2D eigenvalue weighted by molar-refractivity contribution is 7.88. The molecule has 1 amide bonds. The molecule has 0 unspecified atom stereocenters. The number of alkyl halides is 3. The Kier molecular flexibility index (Phi) is 9.46. The van der Waals surface area contributed by atoms with Crippen molar-refractivity contribution in [3.05, 3.63) is 82.9 Å². The van der Waals surface area contributed by atoms with E-state index in [2.05, 4.69) is 19.5 Å². The van der Waals surface area contributed by atoms with Crippen molar-refractivity contribution in [1.82, 2.24) is 15.3 Å². The van der Waals surface area contributed by atoms with Gasteiger partial charge in [0.15, 0.2) is 11.4 Å². The monoisotopic (exact) mass is 567 g/mol. The molecule has 0 atom stereocenters. The number of aryl methyl sites for hydroxylation is 1. The highest BCUT2D eigenvalue weighted by atomic mass is 32.2. The van der Waals surface area contributed by atoms with Gasteiger partial charge in [-0.3, -0.25) is 9.59 Å². The summed E-state index contributed by atoms with van der Waals surface area (Å²) < 4.78 is 74.8. The van der Waals surface area contributed by atoms with Crippen LogP contribution in [0.2, 0.25) is 0 Å². The molecule has 39 heavy (non-hydrogen) atoms. The maximum absolute atomic E-state index is 12.9. The Hall–Kier alpha value is -4.20. The number of hydrogen-bond donors (Lipinski definition) is 1. The zero-order valence-electron chi connectivity index (χ0n) is 20.8. The molecule has 0 spiro atoms. The minimum absolute atomic E-state index is 0.0320. The third-order valence-corrected chi connectivity index (χ3v) is 5.97. The average molecular weight is 568 g/mol. The van der Waals surface area contributed by atoms with Crippen molar-refractivity contribution in [1.29, 1.82) is 0 Å². The zero-order valence-corrected chi connectivity index (χ0v) is 21.6. The number of nitrogens with one attached hydrogen (secondary N) is 1. The molecule has 0 aliphatic heterocycles. The van der Waals surface area contributed by atoms with Gasteiger partial charge in [-0.1, -0.05) is 42.5 Å². The van der Waals surface area contributed by atoms with Gasteiger partial charge in [-0.25, -0.2) is 9.97 Å². The predicted molar refractivity (Wildman–Crippen MR) is 131 cm³/mol. The fraction of sp³-hybridized carbons (Fsp3) is 0.280. The molecule has 208 valence electrons. The molecule has 0 fully saturated rings. The van der Waals surface area contributed by atoms with Crippen LogP contribution in [0.3, 0.4) is 0 Å². The molecular formula is C25H24F3N3O7S. The Morgan fingerprint density at radius 3 is 2.26 bits per heavy atom. The molecule has 14 heteroatoms. The summed E-state index contributed by atoms with van der Waals surface area (Å²) in [7, 11) is -5.81. The maximum Gasteiger partial charge on any atom is 0.534 e. The van der Waals surface area contributed by atoms with E-state index in [-0.39, 0.29) is 36.9 Å². The minimum atomic E-state index is -5.81. The van der Waals surface area contributed by atoms with Crippen LogP contribution in [-0.2, 0) is 32.7 Å². The van der Waals surface area contributed by atoms with E-state index in [1.165, 1.54) is 12.1 Å². The van der Waals surface area contributed by atoms with Crippen LogP contribution in [0.5, 0.6) is 11.5 Å². The molecule has 1 N–H and O–H groups in total. The number of nitrogens with zero attached hydrogens (tertiary/aromatic N) is 2. The van der Waals surface area contributed by atoms with E-state index in [0.717, 1.165) is 17.7 Å². The summed E-state index contributed by atoms with van der Waals surface area (Å²) >= 11 is 0. The number of aromatic nitrogens is 2. The van der Waals surface area contributed by atoms with Gasteiger partial charge in [0.25, 0.3) is 5.91 Å². The van der Waals surface area contributed by atoms with Crippen molar-refractivity contribution < 1.29 is 44.8 Å². The average Bonchev–Trinajstić information content (AvgIpc) is 2.87. The van der Waals surface area contributed by atoms with Gasteiger partial charge in [0.2, 0.25) is 0 Å². The fourth-order valence-electron chi connectivity index (χ4n) is 3.22. The number of hydrogen-bond acceptors (Lipinski definition) is 9. The second-order valence-corrected chi connectivity index (χ2v) is 9.51. The summed E-state index contributed by atoms with van der Waals surface area (Å²) in [6.07, 6.45) is 0.0320. The minimum Gasteiger partial charge on any atom is -0.485 e. The van der Waals surface area contributed by atoms with Crippen molar-refractivity contribution in [2.75, 3.05) is 13.2 Å². The fourth-order valence-corrected chi connectivity index (χ4v) is 3.68. The number of carbonyl (C=O) groups is 2. The molecule has 0 saturated carbocycles. The number of benzene rings is 2. The van der Waals surface area contributed by atoms with Crippen LogP contribution in [-0.4, -0.2) is 48.9 Å². The molecule has 3 rings (SSSR count). The third kappa shape index (κ3) is 8.14. The van der Waals surface area contributed by atoms with Crippen LogP contribution in [0.15, 0.2) is 54.6 Å². The van der Waals surface area contributed by atoms with Crippen LogP contribution >= 0.6 is 0 Å².